The third-order valence-electron chi connectivity index (χ3n) is 4.59. The molecule has 1 N–H and O–H groups in total. The minimum atomic E-state index is -0.807. The molecular weight excluding hydrogens is 301 g/mol. The Balaban J connectivity index is 1.60. The summed E-state index contributed by atoms with van der Waals surface area (Å²) in [6.45, 7) is 1.21. The van der Waals surface area contributed by atoms with Gasteiger partial charge in [-0.3, -0.25) is 9.59 Å². The Labute approximate surface area is 134 Å². The molecule has 0 spiro atoms. The molecule has 1 aromatic carbocycles. The van der Waals surface area contributed by atoms with Gasteiger partial charge < -0.3 is 14.7 Å². The van der Waals surface area contributed by atoms with Gasteiger partial charge in [-0.25, -0.2) is 4.39 Å². The van der Waals surface area contributed by atoms with Crippen LogP contribution in [0, 0.1) is 11.7 Å². The molecule has 124 valence electrons. The van der Waals surface area contributed by atoms with Crippen LogP contribution in [0.5, 0.6) is 5.75 Å². The van der Waals surface area contributed by atoms with E-state index in [1.54, 1.807) is 17.0 Å². The quantitative estimate of drug-likeness (QED) is 0.923. The number of benzene rings is 1. The number of carboxylic acid groups (broad SMARTS) is 1. The molecule has 2 heterocycles. The van der Waals surface area contributed by atoms with Crippen LogP contribution in [0.2, 0.25) is 0 Å². The maximum absolute atomic E-state index is 13.7. The number of carbonyl (C=O) groups is 2. The first-order valence-electron chi connectivity index (χ1n) is 7.99. The Kier molecular flexibility index (Phi) is 4.50. The molecule has 2 aliphatic heterocycles. The van der Waals surface area contributed by atoms with Crippen LogP contribution in [0.4, 0.5) is 4.39 Å². The lowest BCUT2D eigenvalue weighted by molar-refractivity contribution is -0.140. The molecule has 5 nitrogen and oxygen atoms in total. The maximum Gasteiger partial charge on any atom is 0.303 e. The van der Waals surface area contributed by atoms with E-state index in [-0.39, 0.29) is 24.0 Å². The predicted octanol–water partition coefficient (Wildman–Crippen LogP) is 2.23. The normalized spacial score (nSPS) is 23.3. The topological polar surface area (TPSA) is 66.8 Å². The molecule has 0 aromatic heterocycles. The number of hydrogen-bond donors (Lipinski definition) is 1. The summed E-state index contributed by atoms with van der Waals surface area (Å²) in [6.07, 6.45) is 2.24. The second-order valence-electron chi connectivity index (χ2n) is 6.26. The average Bonchev–Trinajstić information content (AvgIpc) is 2.98. The second-order valence-corrected chi connectivity index (χ2v) is 6.26. The highest BCUT2D eigenvalue weighted by Crippen LogP contribution is 2.32. The number of nitrogens with zero attached hydrogens (tertiary/aromatic N) is 1. The lowest BCUT2D eigenvalue weighted by Crippen LogP contribution is -2.46. The minimum absolute atomic E-state index is 0.124. The van der Waals surface area contributed by atoms with E-state index in [9.17, 15) is 14.0 Å². The molecular formula is C17H20FNO4. The summed E-state index contributed by atoms with van der Waals surface area (Å²) in [5.41, 5.74) is 0.725. The monoisotopic (exact) mass is 321 g/mol. The Morgan fingerprint density at radius 2 is 2.22 bits per heavy atom. The van der Waals surface area contributed by atoms with Crippen molar-refractivity contribution in [1.29, 1.82) is 0 Å². The molecule has 23 heavy (non-hydrogen) atoms. The predicted molar refractivity (Wildman–Crippen MR) is 80.7 cm³/mol. The molecule has 2 unspecified atom stereocenters. The van der Waals surface area contributed by atoms with Crippen molar-refractivity contribution < 1.29 is 23.8 Å². The van der Waals surface area contributed by atoms with Crippen molar-refractivity contribution in [3.63, 3.8) is 0 Å². The zero-order valence-electron chi connectivity index (χ0n) is 12.8. The van der Waals surface area contributed by atoms with Crippen molar-refractivity contribution in [3.8, 4) is 5.75 Å². The van der Waals surface area contributed by atoms with E-state index < -0.39 is 17.9 Å². The molecule has 6 heteroatoms. The third kappa shape index (κ3) is 3.46. The molecule has 1 fully saturated rings. The summed E-state index contributed by atoms with van der Waals surface area (Å²) in [6, 6.07) is 4.72. The fourth-order valence-corrected chi connectivity index (χ4v) is 3.40. The highest BCUT2D eigenvalue weighted by Gasteiger charge is 2.35. The zero-order valence-corrected chi connectivity index (χ0v) is 12.8. The minimum Gasteiger partial charge on any atom is -0.481 e. The van der Waals surface area contributed by atoms with Gasteiger partial charge in [0, 0.05) is 31.5 Å². The van der Waals surface area contributed by atoms with Gasteiger partial charge in [-0.1, -0.05) is 12.1 Å². The number of piperidine rings is 1. The molecule has 2 aliphatic rings. The number of hydrogen-bond acceptors (Lipinski definition) is 3. The summed E-state index contributed by atoms with van der Waals surface area (Å²) in [5.74, 6) is -0.968. The van der Waals surface area contributed by atoms with E-state index >= 15 is 0 Å². The number of carboxylic acids is 1. The van der Waals surface area contributed by atoms with Gasteiger partial charge in [-0.05, 0) is 31.2 Å². The van der Waals surface area contributed by atoms with Crippen molar-refractivity contribution in [2.24, 2.45) is 5.92 Å². The highest BCUT2D eigenvalue weighted by molar-refractivity contribution is 5.82. The number of amides is 1. The Morgan fingerprint density at radius 1 is 1.39 bits per heavy atom. The summed E-state index contributed by atoms with van der Waals surface area (Å²) >= 11 is 0. The SMILES string of the molecule is O=C(O)CCC1CCCN(C(=O)C2Cc3cccc(F)c3O2)C1. The van der Waals surface area contributed by atoms with E-state index in [1.165, 1.54) is 6.07 Å². The van der Waals surface area contributed by atoms with E-state index in [0.29, 0.717) is 25.9 Å². The lowest BCUT2D eigenvalue weighted by atomic mass is 9.93. The average molecular weight is 321 g/mol. The van der Waals surface area contributed by atoms with Gasteiger partial charge in [0.05, 0.1) is 0 Å². The first kappa shape index (κ1) is 15.8. The first-order valence-corrected chi connectivity index (χ1v) is 7.99. The molecule has 1 amide bonds. The van der Waals surface area contributed by atoms with Crippen LogP contribution in [-0.4, -0.2) is 41.1 Å². The molecule has 0 radical (unpaired) electrons. The Hall–Kier alpha value is -2.11. The van der Waals surface area contributed by atoms with Gasteiger partial charge in [-0.15, -0.1) is 0 Å². The van der Waals surface area contributed by atoms with Gasteiger partial charge in [0.15, 0.2) is 17.7 Å². The van der Waals surface area contributed by atoms with Crippen LogP contribution in [0.25, 0.3) is 0 Å². The fourth-order valence-electron chi connectivity index (χ4n) is 3.40. The standard InChI is InChI=1S/C17H20FNO4/c18-13-5-1-4-12-9-14(23-16(12)13)17(22)19-8-2-3-11(10-19)6-7-15(20)21/h1,4-5,11,14H,2-3,6-10H2,(H,20,21). The zero-order chi connectivity index (χ0) is 16.4. The summed E-state index contributed by atoms with van der Waals surface area (Å²) < 4.78 is 19.2. The van der Waals surface area contributed by atoms with Crippen LogP contribution in [0.1, 0.15) is 31.2 Å². The van der Waals surface area contributed by atoms with Gasteiger partial charge in [0.1, 0.15) is 0 Å². The molecule has 3 rings (SSSR count). The van der Waals surface area contributed by atoms with Crippen LogP contribution in [0.15, 0.2) is 18.2 Å². The van der Waals surface area contributed by atoms with Crippen LogP contribution >= 0.6 is 0 Å². The van der Waals surface area contributed by atoms with E-state index in [1.807, 2.05) is 0 Å². The van der Waals surface area contributed by atoms with Crippen molar-refractivity contribution in [2.45, 2.75) is 38.2 Å². The number of halogens is 1. The van der Waals surface area contributed by atoms with Gasteiger partial charge in [-0.2, -0.15) is 0 Å². The molecule has 0 bridgehead atoms. The second kappa shape index (κ2) is 6.56. The molecule has 2 atom stereocenters. The number of rotatable bonds is 4. The van der Waals surface area contributed by atoms with Crippen molar-refractivity contribution in [2.75, 3.05) is 13.1 Å². The van der Waals surface area contributed by atoms with Crippen LogP contribution in [-0.2, 0) is 16.0 Å². The highest BCUT2D eigenvalue weighted by atomic mass is 19.1. The van der Waals surface area contributed by atoms with Crippen molar-refractivity contribution >= 4 is 11.9 Å². The largest absolute Gasteiger partial charge is 0.481 e. The number of fused-ring (bicyclic) bond motifs is 1. The molecule has 0 aliphatic carbocycles. The molecule has 0 saturated carbocycles. The van der Waals surface area contributed by atoms with Gasteiger partial charge >= 0.3 is 5.97 Å². The van der Waals surface area contributed by atoms with Crippen LogP contribution < -0.4 is 4.74 Å². The van der Waals surface area contributed by atoms with Gasteiger partial charge in [0.25, 0.3) is 5.91 Å². The van der Waals surface area contributed by atoms with E-state index in [0.717, 1.165) is 18.4 Å². The van der Waals surface area contributed by atoms with E-state index in [2.05, 4.69) is 0 Å². The van der Waals surface area contributed by atoms with Crippen LogP contribution in [0.3, 0.4) is 0 Å². The number of para-hydroxylation sites is 1. The maximum atomic E-state index is 13.7. The summed E-state index contributed by atoms with van der Waals surface area (Å²) in [5, 5.41) is 8.78. The molecule has 1 aromatic rings. The Bertz CT molecular complexity index is 619. The van der Waals surface area contributed by atoms with E-state index in [4.69, 9.17) is 9.84 Å². The Morgan fingerprint density at radius 3 is 2.96 bits per heavy atom. The fraction of sp³-hybridized carbons (Fsp3) is 0.529. The number of aliphatic carboxylic acids is 1. The number of ether oxygens (including phenoxy) is 1. The molecule has 1 saturated heterocycles. The number of carbonyl (C=O) groups excluding carboxylic acids is 1. The summed E-state index contributed by atoms with van der Waals surface area (Å²) in [4.78, 5) is 25.1. The van der Waals surface area contributed by atoms with Crippen molar-refractivity contribution in [1.82, 2.24) is 4.90 Å². The van der Waals surface area contributed by atoms with Gasteiger partial charge in [0.2, 0.25) is 0 Å². The number of likely N-dealkylation sites (tertiary alicyclic amines) is 1. The smallest absolute Gasteiger partial charge is 0.303 e. The first-order chi connectivity index (χ1) is 11.0. The summed E-state index contributed by atoms with van der Waals surface area (Å²) in [7, 11) is 0. The van der Waals surface area contributed by atoms with Crippen molar-refractivity contribution in [3.05, 3.63) is 29.6 Å². The third-order valence-corrected chi connectivity index (χ3v) is 4.59. The lowest BCUT2D eigenvalue weighted by Gasteiger charge is -2.34.